The van der Waals surface area contributed by atoms with Gasteiger partial charge in [-0.2, -0.15) is 5.10 Å². The van der Waals surface area contributed by atoms with Crippen molar-refractivity contribution in [2.45, 2.75) is 32.9 Å². The largest absolute Gasteiger partial charge is 0.370 e. The highest BCUT2D eigenvalue weighted by Gasteiger charge is 2.32. The van der Waals surface area contributed by atoms with Crippen LogP contribution < -0.4 is 0 Å². The summed E-state index contributed by atoms with van der Waals surface area (Å²) in [6.45, 7) is 5.44. The summed E-state index contributed by atoms with van der Waals surface area (Å²) >= 11 is 0. The Morgan fingerprint density at radius 2 is 2.53 bits per heavy atom. The van der Waals surface area contributed by atoms with E-state index in [9.17, 15) is 4.79 Å². The van der Waals surface area contributed by atoms with Crippen LogP contribution in [0.15, 0.2) is 12.3 Å². The number of carbonyl (C=O) groups excluding carboxylic acids is 1. The number of aromatic nitrogens is 2. The van der Waals surface area contributed by atoms with Gasteiger partial charge in [-0.15, -0.1) is 0 Å². The molecule has 1 saturated heterocycles. The summed E-state index contributed by atoms with van der Waals surface area (Å²) in [5, 5.41) is 4.09. The molecule has 4 heteroatoms. The normalized spacial score (nSPS) is 25.7. The lowest BCUT2D eigenvalue weighted by atomic mass is 9.99. The second kappa shape index (κ2) is 4.14. The van der Waals surface area contributed by atoms with Crippen LogP contribution in [0.3, 0.4) is 0 Å². The van der Waals surface area contributed by atoms with Gasteiger partial charge in [-0.1, -0.05) is 6.92 Å². The molecule has 0 bridgehead atoms. The fourth-order valence-electron chi connectivity index (χ4n) is 1.97. The molecule has 82 valence electrons. The van der Waals surface area contributed by atoms with Crippen molar-refractivity contribution >= 4 is 5.78 Å². The predicted octanol–water partition coefficient (Wildman–Crippen LogP) is 1.51. The lowest BCUT2D eigenvalue weighted by Crippen LogP contribution is -2.27. The number of carbonyl (C=O) groups is 1. The van der Waals surface area contributed by atoms with Crippen LogP contribution in [0.2, 0.25) is 0 Å². The average Bonchev–Trinajstić information content (AvgIpc) is 2.84. The van der Waals surface area contributed by atoms with Crippen LogP contribution in [-0.4, -0.2) is 28.3 Å². The van der Waals surface area contributed by atoms with E-state index in [1.165, 1.54) is 0 Å². The minimum atomic E-state index is -0.271. The van der Waals surface area contributed by atoms with E-state index in [-0.39, 0.29) is 11.9 Å². The number of Topliss-reactive ketones (excluding diaryl/α,β-unsaturated/α-hetero) is 1. The SMILES string of the molecule is CCn1nccc1C(=O)C1OCCC1C. The maximum Gasteiger partial charge on any atom is 0.209 e. The topological polar surface area (TPSA) is 44.1 Å². The van der Waals surface area contributed by atoms with Crippen LogP contribution in [0.1, 0.15) is 30.8 Å². The molecular formula is C11H16N2O2. The molecule has 0 amide bonds. The van der Waals surface area contributed by atoms with Crippen molar-refractivity contribution in [3.05, 3.63) is 18.0 Å². The summed E-state index contributed by atoms with van der Waals surface area (Å²) in [7, 11) is 0. The quantitative estimate of drug-likeness (QED) is 0.707. The highest BCUT2D eigenvalue weighted by molar-refractivity contribution is 5.98. The van der Waals surface area contributed by atoms with E-state index in [0.29, 0.717) is 18.2 Å². The minimum absolute atomic E-state index is 0.0688. The van der Waals surface area contributed by atoms with Gasteiger partial charge in [-0.05, 0) is 25.3 Å². The highest BCUT2D eigenvalue weighted by Crippen LogP contribution is 2.23. The van der Waals surface area contributed by atoms with Gasteiger partial charge in [0.05, 0.1) is 0 Å². The fourth-order valence-corrected chi connectivity index (χ4v) is 1.97. The Bertz CT molecular complexity index is 359. The van der Waals surface area contributed by atoms with Gasteiger partial charge < -0.3 is 4.74 Å². The van der Waals surface area contributed by atoms with Gasteiger partial charge in [0.15, 0.2) is 0 Å². The maximum atomic E-state index is 12.1. The van der Waals surface area contributed by atoms with Crippen LogP contribution >= 0.6 is 0 Å². The summed E-state index contributed by atoms with van der Waals surface area (Å²) in [6.07, 6.45) is 2.36. The molecule has 0 aliphatic carbocycles. The Kier molecular flexibility index (Phi) is 2.86. The van der Waals surface area contributed by atoms with Gasteiger partial charge >= 0.3 is 0 Å². The van der Waals surface area contributed by atoms with Crippen LogP contribution in [-0.2, 0) is 11.3 Å². The first-order valence-corrected chi connectivity index (χ1v) is 5.41. The molecule has 2 rings (SSSR count). The van der Waals surface area contributed by atoms with Gasteiger partial charge in [0.2, 0.25) is 5.78 Å². The molecule has 0 radical (unpaired) electrons. The van der Waals surface area contributed by atoms with Crippen molar-refractivity contribution in [1.29, 1.82) is 0 Å². The Balaban J connectivity index is 2.20. The van der Waals surface area contributed by atoms with Crippen LogP contribution in [0.4, 0.5) is 0 Å². The second-order valence-corrected chi connectivity index (χ2v) is 3.95. The van der Waals surface area contributed by atoms with Crippen molar-refractivity contribution < 1.29 is 9.53 Å². The Morgan fingerprint density at radius 1 is 1.73 bits per heavy atom. The van der Waals surface area contributed by atoms with Crippen molar-refractivity contribution in [2.24, 2.45) is 5.92 Å². The van der Waals surface area contributed by atoms with Crippen molar-refractivity contribution in [3.8, 4) is 0 Å². The van der Waals surface area contributed by atoms with Gasteiger partial charge in [0.1, 0.15) is 11.8 Å². The third kappa shape index (κ3) is 1.81. The number of aryl methyl sites for hydroxylation is 1. The standard InChI is InChI=1S/C11H16N2O2/c1-3-13-9(4-6-12-13)10(14)11-8(2)5-7-15-11/h4,6,8,11H,3,5,7H2,1-2H3. The Morgan fingerprint density at radius 3 is 3.13 bits per heavy atom. The smallest absolute Gasteiger partial charge is 0.209 e. The van der Waals surface area contributed by atoms with E-state index in [1.54, 1.807) is 16.9 Å². The molecule has 1 aromatic heterocycles. The van der Waals surface area contributed by atoms with Gasteiger partial charge in [0, 0.05) is 19.3 Å². The van der Waals surface area contributed by atoms with E-state index in [1.807, 2.05) is 6.92 Å². The zero-order valence-electron chi connectivity index (χ0n) is 9.14. The molecule has 2 unspecified atom stereocenters. The zero-order chi connectivity index (χ0) is 10.8. The molecule has 1 aliphatic rings. The molecule has 0 aromatic carbocycles. The lowest BCUT2D eigenvalue weighted by molar-refractivity contribution is 0.0568. The van der Waals surface area contributed by atoms with Crippen LogP contribution in [0, 0.1) is 5.92 Å². The Hall–Kier alpha value is -1.16. The highest BCUT2D eigenvalue weighted by atomic mass is 16.5. The van der Waals surface area contributed by atoms with E-state index < -0.39 is 0 Å². The van der Waals surface area contributed by atoms with E-state index in [4.69, 9.17) is 4.74 Å². The minimum Gasteiger partial charge on any atom is -0.370 e. The summed E-state index contributed by atoms with van der Waals surface area (Å²) in [5.41, 5.74) is 0.663. The fraction of sp³-hybridized carbons (Fsp3) is 0.636. The summed E-state index contributed by atoms with van der Waals surface area (Å²) in [6, 6.07) is 1.76. The lowest BCUT2D eigenvalue weighted by Gasteiger charge is -2.13. The number of hydrogen-bond donors (Lipinski definition) is 0. The van der Waals surface area contributed by atoms with E-state index in [0.717, 1.165) is 13.0 Å². The third-order valence-electron chi connectivity index (χ3n) is 2.91. The molecule has 2 heterocycles. The zero-order valence-corrected chi connectivity index (χ0v) is 9.14. The summed E-state index contributed by atoms with van der Waals surface area (Å²) < 4.78 is 7.18. The maximum absolute atomic E-state index is 12.1. The monoisotopic (exact) mass is 208 g/mol. The van der Waals surface area contributed by atoms with Crippen molar-refractivity contribution in [2.75, 3.05) is 6.61 Å². The molecule has 0 saturated carbocycles. The molecule has 4 nitrogen and oxygen atoms in total. The number of ketones is 1. The first kappa shape index (κ1) is 10.4. The Labute approximate surface area is 89.2 Å². The molecule has 1 aromatic rings. The van der Waals surface area contributed by atoms with E-state index in [2.05, 4.69) is 12.0 Å². The van der Waals surface area contributed by atoms with Gasteiger partial charge in [0.25, 0.3) is 0 Å². The van der Waals surface area contributed by atoms with E-state index >= 15 is 0 Å². The first-order chi connectivity index (χ1) is 7.24. The van der Waals surface area contributed by atoms with Crippen molar-refractivity contribution in [3.63, 3.8) is 0 Å². The molecule has 1 aliphatic heterocycles. The molecule has 0 spiro atoms. The number of ether oxygens (including phenoxy) is 1. The second-order valence-electron chi connectivity index (χ2n) is 3.95. The average molecular weight is 208 g/mol. The predicted molar refractivity (Wildman–Crippen MR) is 55.8 cm³/mol. The van der Waals surface area contributed by atoms with Gasteiger partial charge in [-0.25, -0.2) is 0 Å². The molecule has 0 N–H and O–H groups in total. The number of rotatable bonds is 3. The molecular weight excluding hydrogens is 192 g/mol. The first-order valence-electron chi connectivity index (χ1n) is 5.41. The van der Waals surface area contributed by atoms with Crippen LogP contribution in [0.25, 0.3) is 0 Å². The summed E-state index contributed by atoms with van der Waals surface area (Å²) in [4.78, 5) is 12.1. The van der Waals surface area contributed by atoms with Gasteiger partial charge in [-0.3, -0.25) is 9.48 Å². The number of nitrogens with zero attached hydrogens (tertiary/aromatic N) is 2. The van der Waals surface area contributed by atoms with Crippen molar-refractivity contribution in [1.82, 2.24) is 9.78 Å². The molecule has 2 atom stereocenters. The number of hydrogen-bond acceptors (Lipinski definition) is 3. The third-order valence-corrected chi connectivity index (χ3v) is 2.91. The van der Waals surface area contributed by atoms with Crippen LogP contribution in [0.5, 0.6) is 0 Å². The molecule has 15 heavy (non-hydrogen) atoms. The molecule has 1 fully saturated rings. The summed E-state index contributed by atoms with van der Waals surface area (Å²) in [5.74, 6) is 0.386.